The number of benzene rings is 3. The number of imide groups is 1. The quantitative estimate of drug-likeness (QED) is 0.228. The fraction of sp³-hybridized carbons (Fsp3) is 0.312. The second kappa shape index (κ2) is 9.76. The second-order valence-electron chi connectivity index (χ2n) is 11.0. The first-order valence-electron chi connectivity index (χ1n) is 13.3. The van der Waals surface area contributed by atoms with Crippen LogP contribution in [-0.2, 0) is 19.1 Å². The fourth-order valence-electron chi connectivity index (χ4n) is 6.71. The van der Waals surface area contributed by atoms with E-state index in [1.165, 1.54) is 0 Å². The summed E-state index contributed by atoms with van der Waals surface area (Å²) in [6.07, 6.45) is 0.250. The highest BCUT2D eigenvalue weighted by molar-refractivity contribution is 6.30. The van der Waals surface area contributed by atoms with Crippen molar-refractivity contribution in [1.29, 1.82) is 0 Å². The Hall–Kier alpha value is -3.77. The van der Waals surface area contributed by atoms with Crippen LogP contribution in [0.25, 0.3) is 0 Å². The largest absolute Gasteiger partial charge is 0.456 e. The molecular weight excluding hydrogens is 514 g/mol. The molecule has 6 nitrogen and oxygen atoms in total. The van der Waals surface area contributed by atoms with Gasteiger partial charge in [0.15, 0.2) is 12.4 Å². The van der Waals surface area contributed by atoms with Gasteiger partial charge >= 0.3 is 5.97 Å². The van der Waals surface area contributed by atoms with Gasteiger partial charge < -0.3 is 4.74 Å². The number of carbonyl (C=O) groups is 4. The minimum Gasteiger partial charge on any atom is -0.456 e. The fourth-order valence-corrected chi connectivity index (χ4v) is 6.84. The van der Waals surface area contributed by atoms with Gasteiger partial charge in [0.25, 0.3) is 0 Å². The summed E-state index contributed by atoms with van der Waals surface area (Å²) in [5.74, 6) is -3.47. The van der Waals surface area contributed by atoms with Crippen LogP contribution in [0.15, 0.2) is 72.8 Å². The number of Topliss-reactive ketones (excluding diaryl/α,β-unsaturated/α-hetero) is 1. The molecule has 2 bridgehead atoms. The lowest BCUT2D eigenvalue weighted by atomic mass is 9.55. The Balaban J connectivity index is 1.31. The number of hydrogen-bond donors (Lipinski definition) is 0. The van der Waals surface area contributed by atoms with Crippen molar-refractivity contribution >= 4 is 35.2 Å². The van der Waals surface area contributed by atoms with Gasteiger partial charge in [0.1, 0.15) is 6.04 Å². The normalized spacial score (nSPS) is 23.3. The van der Waals surface area contributed by atoms with E-state index >= 15 is 0 Å². The molecule has 0 spiro atoms. The Morgan fingerprint density at radius 1 is 0.795 bits per heavy atom. The molecule has 0 radical (unpaired) electrons. The average Bonchev–Trinajstić information content (AvgIpc) is 3.20. The molecule has 0 unspecified atom stereocenters. The number of rotatable bonds is 7. The van der Waals surface area contributed by atoms with E-state index in [4.69, 9.17) is 16.3 Å². The monoisotopic (exact) mass is 541 g/mol. The van der Waals surface area contributed by atoms with Gasteiger partial charge in [-0.25, -0.2) is 4.79 Å². The minimum absolute atomic E-state index is 0.00358. The molecule has 1 fully saturated rings. The predicted molar refractivity (Wildman–Crippen MR) is 145 cm³/mol. The lowest BCUT2D eigenvalue weighted by molar-refractivity contribution is -0.158. The molecule has 7 heteroatoms. The van der Waals surface area contributed by atoms with Crippen molar-refractivity contribution in [1.82, 2.24) is 4.90 Å². The molecule has 3 aliphatic carbocycles. The molecule has 0 aromatic heterocycles. The standard InChI is InChI=1S/C32H28ClNO5/c1-17(2)15-24(32(38)39-16-25(35)18-11-13-19(33)14-12-18)34-30(36)28-26-20-7-3-4-8-21(20)27(29(28)31(34)37)23-10-6-5-9-22(23)26/h3-14,17,24,26-29H,15-16H2,1-2H3/t24-,26?,27?,28+,29+/m1/s1. The van der Waals surface area contributed by atoms with Crippen LogP contribution in [0.4, 0.5) is 0 Å². The zero-order valence-electron chi connectivity index (χ0n) is 21.7. The van der Waals surface area contributed by atoms with Crippen molar-refractivity contribution in [3.05, 3.63) is 106 Å². The van der Waals surface area contributed by atoms with Gasteiger partial charge in [0.05, 0.1) is 11.8 Å². The Morgan fingerprint density at radius 3 is 1.69 bits per heavy atom. The zero-order chi connectivity index (χ0) is 27.4. The third kappa shape index (κ3) is 4.09. The summed E-state index contributed by atoms with van der Waals surface area (Å²) in [7, 11) is 0. The summed E-state index contributed by atoms with van der Waals surface area (Å²) >= 11 is 5.90. The van der Waals surface area contributed by atoms with Crippen LogP contribution in [0.2, 0.25) is 5.02 Å². The number of likely N-dealkylation sites (tertiary alicyclic amines) is 1. The van der Waals surface area contributed by atoms with Crippen LogP contribution in [0, 0.1) is 17.8 Å². The molecule has 3 aromatic carbocycles. The van der Waals surface area contributed by atoms with Gasteiger partial charge in [0.2, 0.25) is 11.8 Å². The number of amides is 2. The first-order chi connectivity index (χ1) is 18.8. The molecule has 0 N–H and O–H groups in total. The first kappa shape index (κ1) is 25.5. The molecular formula is C32H28ClNO5. The van der Waals surface area contributed by atoms with E-state index in [0.29, 0.717) is 10.6 Å². The van der Waals surface area contributed by atoms with Gasteiger partial charge in [0, 0.05) is 22.4 Å². The van der Waals surface area contributed by atoms with E-state index in [9.17, 15) is 19.2 Å². The number of carbonyl (C=O) groups excluding carboxylic acids is 4. The van der Waals surface area contributed by atoms with E-state index < -0.39 is 30.5 Å². The molecule has 3 aromatic rings. The highest BCUT2D eigenvalue weighted by Gasteiger charge is 2.63. The van der Waals surface area contributed by atoms with Crippen LogP contribution < -0.4 is 0 Å². The smallest absolute Gasteiger partial charge is 0.329 e. The first-order valence-corrected chi connectivity index (χ1v) is 13.7. The highest BCUT2D eigenvalue weighted by Crippen LogP contribution is 2.61. The van der Waals surface area contributed by atoms with E-state index in [1.807, 2.05) is 62.4 Å². The van der Waals surface area contributed by atoms with Gasteiger partial charge in [-0.05, 0) is 58.9 Å². The van der Waals surface area contributed by atoms with Crippen LogP contribution in [0.3, 0.4) is 0 Å². The number of esters is 1. The summed E-state index contributed by atoms with van der Waals surface area (Å²) in [5.41, 5.74) is 4.65. The average molecular weight is 542 g/mol. The van der Waals surface area contributed by atoms with E-state index in [0.717, 1.165) is 27.2 Å². The number of nitrogens with zero attached hydrogens (tertiary/aromatic N) is 1. The minimum atomic E-state index is -1.10. The maximum absolute atomic E-state index is 14.1. The highest BCUT2D eigenvalue weighted by atomic mass is 35.5. The molecule has 1 saturated heterocycles. The molecule has 198 valence electrons. The molecule has 1 aliphatic heterocycles. The molecule has 3 atom stereocenters. The number of ether oxygens (including phenoxy) is 1. The molecule has 39 heavy (non-hydrogen) atoms. The van der Waals surface area contributed by atoms with Crippen molar-refractivity contribution < 1.29 is 23.9 Å². The lowest BCUT2D eigenvalue weighted by Crippen LogP contribution is -2.47. The summed E-state index contributed by atoms with van der Waals surface area (Å²) in [4.78, 5) is 55.4. The zero-order valence-corrected chi connectivity index (χ0v) is 22.4. The lowest BCUT2D eigenvalue weighted by Gasteiger charge is -2.45. The Kier molecular flexibility index (Phi) is 6.38. The van der Waals surface area contributed by atoms with Crippen molar-refractivity contribution in [2.45, 2.75) is 38.1 Å². The molecule has 2 amide bonds. The predicted octanol–water partition coefficient (Wildman–Crippen LogP) is 5.37. The maximum Gasteiger partial charge on any atom is 0.329 e. The molecule has 7 rings (SSSR count). The number of hydrogen-bond acceptors (Lipinski definition) is 5. The molecule has 4 aliphatic rings. The number of halogens is 1. The maximum atomic E-state index is 14.1. The third-order valence-corrected chi connectivity index (χ3v) is 8.52. The van der Waals surface area contributed by atoms with Crippen LogP contribution in [0.5, 0.6) is 0 Å². The SMILES string of the molecule is CC(C)C[C@H](C(=O)OCC(=O)c1ccc(Cl)cc1)N1C(=O)[C@H]2C3c4ccccc4C(c4ccccc43)[C@@H]2C1=O. The number of ketones is 1. The summed E-state index contributed by atoms with van der Waals surface area (Å²) in [6, 6.07) is 21.2. The van der Waals surface area contributed by atoms with Gasteiger partial charge in [-0.2, -0.15) is 0 Å². The second-order valence-corrected chi connectivity index (χ2v) is 11.4. The molecule has 0 saturated carbocycles. The summed E-state index contributed by atoms with van der Waals surface area (Å²) < 4.78 is 5.44. The topological polar surface area (TPSA) is 80.8 Å². The van der Waals surface area contributed by atoms with Crippen LogP contribution in [-0.4, -0.2) is 41.1 Å². The van der Waals surface area contributed by atoms with Crippen molar-refractivity contribution in [2.24, 2.45) is 17.8 Å². The van der Waals surface area contributed by atoms with Crippen LogP contribution in [0.1, 0.15) is 64.7 Å². The molecule has 1 heterocycles. The Labute approximate surface area is 231 Å². The van der Waals surface area contributed by atoms with E-state index in [1.54, 1.807) is 24.3 Å². The van der Waals surface area contributed by atoms with Crippen molar-refractivity contribution in [2.75, 3.05) is 6.61 Å². The van der Waals surface area contributed by atoms with Crippen molar-refractivity contribution in [3.63, 3.8) is 0 Å². The summed E-state index contributed by atoms with van der Waals surface area (Å²) in [6.45, 7) is 3.36. The Bertz CT molecular complexity index is 1380. The summed E-state index contributed by atoms with van der Waals surface area (Å²) in [5, 5.41) is 0.492. The van der Waals surface area contributed by atoms with Gasteiger partial charge in [-0.3, -0.25) is 19.3 Å². The van der Waals surface area contributed by atoms with Crippen LogP contribution >= 0.6 is 11.6 Å². The third-order valence-electron chi connectivity index (χ3n) is 8.27. The van der Waals surface area contributed by atoms with E-state index in [2.05, 4.69) is 0 Å². The van der Waals surface area contributed by atoms with Crippen molar-refractivity contribution in [3.8, 4) is 0 Å². The van der Waals surface area contributed by atoms with Gasteiger partial charge in [-0.15, -0.1) is 0 Å². The Morgan fingerprint density at radius 2 is 1.26 bits per heavy atom. The van der Waals surface area contributed by atoms with Gasteiger partial charge in [-0.1, -0.05) is 74.0 Å². The van der Waals surface area contributed by atoms with E-state index in [-0.39, 0.29) is 41.8 Å².